The molecule has 0 bridgehead atoms. The van der Waals surface area contributed by atoms with Crippen LogP contribution in [0.1, 0.15) is 22.3 Å². The van der Waals surface area contributed by atoms with Crippen LogP contribution in [0.3, 0.4) is 0 Å². The number of carbonyl (C=O) groups is 1. The molecule has 0 atom stereocenters. The van der Waals surface area contributed by atoms with Crippen LogP contribution in [0.15, 0.2) is 41.2 Å². The summed E-state index contributed by atoms with van der Waals surface area (Å²) in [5.41, 5.74) is 2.81. The molecule has 20 heavy (non-hydrogen) atoms. The molecule has 0 spiro atoms. The number of hydrogen-bond donors (Lipinski definition) is 1. The Morgan fingerprint density at radius 3 is 2.65 bits per heavy atom. The fourth-order valence-corrected chi connectivity index (χ4v) is 1.86. The number of carbonyl (C=O) groups excluding carboxylic acids is 1. The summed E-state index contributed by atoms with van der Waals surface area (Å²) >= 11 is 0. The van der Waals surface area contributed by atoms with Crippen molar-refractivity contribution in [1.29, 1.82) is 0 Å². The van der Waals surface area contributed by atoms with Crippen molar-refractivity contribution in [3.8, 4) is 0 Å². The minimum absolute atomic E-state index is 0.0411. The number of benzene rings is 1. The van der Waals surface area contributed by atoms with Crippen LogP contribution in [-0.2, 0) is 6.42 Å². The van der Waals surface area contributed by atoms with Gasteiger partial charge in [-0.15, -0.1) is 0 Å². The van der Waals surface area contributed by atoms with E-state index in [-0.39, 0.29) is 5.91 Å². The molecular weight excluding hydrogens is 254 g/mol. The predicted molar refractivity (Wildman–Crippen MR) is 77.9 cm³/mol. The molecule has 0 aliphatic rings. The van der Waals surface area contributed by atoms with Crippen LogP contribution in [-0.4, -0.2) is 31.7 Å². The fraction of sp³-hybridized carbons (Fsp3) is 0.333. The third-order valence-electron chi connectivity index (χ3n) is 3.06. The average Bonchev–Trinajstić information content (AvgIpc) is 2.96. The summed E-state index contributed by atoms with van der Waals surface area (Å²) in [6.45, 7) is 0.638. The molecule has 5 nitrogen and oxygen atoms in total. The third-order valence-corrected chi connectivity index (χ3v) is 3.06. The van der Waals surface area contributed by atoms with Crippen LogP contribution in [0, 0.1) is 0 Å². The summed E-state index contributed by atoms with van der Waals surface area (Å²) in [6, 6.07) is 7.55. The summed E-state index contributed by atoms with van der Waals surface area (Å²) < 4.78 is 4.75. The predicted octanol–water partition coefficient (Wildman–Crippen LogP) is 2.10. The maximum Gasteiger partial charge on any atom is 0.251 e. The number of amides is 1. The van der Waals surface area contributed by atoms with E-state index >= 15 is 0 Å². The van der Waals surface area contributed by atoms with Crippen LogP contribution in [0.4, 0.5) is 5.69 Å². The smallest absolute Gasteiger partial charge is 0.251 e. The topological polar surface area (TPSA) is 58.4 Å². The fourth-order valence-electron chi connectivity index (χ4n) is 1.86. The Hall–Kier alpha value is -2.30. The lowest BCUT2D eigenvalue weighted by molar-refractivity contribution is 0.0953. The molecule has 1 N–H and O–H groups in total. The first-order valence-corrected chi connectivity index (χ1v) is 6.60. The highest BCUT2D eigenvalue weighted by atomic mass is 16.5. The van der Waals surface area contributed by atoms with E-state index in [0.717, 1.165) is 24.1 Å². The Balaban J connectivity index is 1.76. The van der Waals surface area contributed by atoms with E-state index in [0.29, 0.717) is 12.1 Å². The Morgan fingerprint density at radius 2 is 2.05 bits per heavy atom. The lowest BCUT2D eigenvalue weighted by atomic mass is 10.1. The maximum absolute atomic E-state index is 11.9. The lowest BCUT2D eigenvalue weighted by Crippen LogP contribution is -2.24. The van der Waals surface area contributed by atoms with Crippen LogP contribution >= 0.6 is 0 Å². The number of hydrogen-bond acceptors (Lipinski definition) is 4. The summed E-state index contributed by atoms with van der Waals surface area (Å²) in [6.07, 6.45) is 5.04. The summed E-state index contributed by atoms with van der Waals surface area (Å²) in [5, 5.41) is 6.55. The SMILES string of the molecule is CN(C)c1ccc(C(=O)NCCCc2cnoc2)cc1. The third kappa shape index (κ3) is 3.85. The van der Waals surface area contributed by atoms with Gasteiger partial charge in [-0.2, -0.15) is 0 Å². The van der Waals surface area contributed by atoms with E-state index in [4.69, 9.17) is 4.52 Å². The Labute approximate surface area is 118 Å². The number of aryl methyl sites for hydroxylation is 1. The van der Waals surface area contributed by atoms with Crippen molar-refractivity contribution in [2.24, 2.45) is 0 Å². The van der Waals surface area contributed by atoms with Crippen molar-refractivity contribution < 1.29 is 9.32 Å². The molecule has 0 unspecified atom stereocenters. The largest absolute Gasteiger partial charge is 0.378 e. The molecule has 0 fully saturated rings. The van der Waals surface area contributed by atoms with Gasteiger partial charge in [-0.3, -0.25) is 4.79 Å². The summed E-state index contributed by atoms with van der Waals surface area (Å²) in [5.74, 6) is -0.0411. The second-order valence-corrected chi connectivity index (χ2v) is 4.83. The molecule has 0 saturated carbocycles. The average molecular weight is 273 g/mol. The zero-order valence-electron chi connectivity index (χ0n) is 11.8. The number of anilines is 1. The molecule has 1 heterocycles. The molecular formula is C15H19N3O2. The van der Waals surface area contributed by atoms with Crippen molar-refractivity contribution in [3.05, 3.63) is 47.9 Å². The number of nitrogens with one attached hydrogen (secondary N) is 1. The number of nitrogens with zero attached hydrogens (tertiary/aromatic N) is 2. The molecule has 5 heteroatoms. The second-order valence-electron chi connectivity index (χ2n) is 4.83. The molecule has 2 aromatic rings. The van der Waals surface area contributed by atoms with Gasteiger partial charge in [-0.05, 0) is 37.1 Å². The normalized spacial score (nSPS) is 10.3. The Bertz CT molecular complexity index is 533. The maximum atomic E-state index is 11.9. The van der Waals surface area contributed by atoms with Gasteiger partial charge in [-0.1, -0.05) is 5.16 Å². The quantitative estimate of drug-likeness (QED) is 0.819. The van der Waals surface area contributed by atoms with Crippen molar-refractivity contribution in [1.82, 2.24) is 10.5 Å². The van der Waals surface area contributed by atoms with E-state index in [9.17, 15) is 4.79 Å². The van der Waals surface area contributed by atoms with Crippen LogP contribution in [0.25, 0.3) is 0 Å². The number of rotatable bonds is 6. The molecule has 1 aromatic heterocycles. The Kier molecular flexibility index (Phi) is 4.76. The van der Waals surface area contributed by atoms with E-state index in [2.05, 4.69) is 10.5 Å². The monoisotopic (exact) mass is 273 g/mol. The number of aromatic nitrogens is 1. The van der Waals surface area contributed by atoms with Gasteiger partial charge < -0.3 is 14.7 Å². The van der Waals surface area contributed by atoms with Gasteiger partial charge in [0.25, 0.3) is 5.91 Å². The highest BCUT2D eigenvalue weighted by Gasteiger charge is 2.05. The van der Waals surface area contributed by atoms with Gasteiger partial charge in [0.15, 0.2) is 0 Å². The molecule has 0 aliphatic carbocycles. The van der Waals surface area contributed by atoms with E-state index in [1.54, 1.807) is 12.5 Å². The molecule has 1 aromatic carbocycles. The molecule has 0 radical (unpaired) electrons. The minimum atomic E-state index is -0.0411. The first-order chi connectivity index (χ1) is 9.66. The van der Waals surface area contributed by atoms with Crippen LogP contribution in [0.2, 0.25) is 0 Å². The van der Waals surface area contributed by atoms with Crippen molar-refractivity contribution in [2.75, 3.05) is 25.5 Å². The lowest BCUT2D eigenvalue weighted by Gasteiger charge is -2.12. The van der Waals surface area contributed by atoms with Gasteiger partial charge >= 0.3 is 0 Å². The van der Waals surface area contributed by atoms with Gasteiger partial charge in [0.2, 0.25) is 0 Å². The Morgan fingerprint density at radius 1 is 1.30 bits per heavy atom. The molecule has 106 valence electrons. The van der Waals surface area contributed by atoms with Crippen molar-refractivity contribution >= 4 is 11.6 Å². The van der Waals surface area contributed by atoms with Crippen molar-refractivity contribution in [3.63, 3.8) is 0 Å². The molecule has 0 saturated heterocycles. The highest BCUT2D eigenvalue weighted by Crippen LogP contribution is 2.12. The summed E-state index contributed by atoms with van der Waals surface area (Å²) in [4.78, 5) is 13.9. The first-order valence-electron chi connectivity index (χ1n) is 6.60. The zero-order valence-corrected chi connectivity index (χ0v) is 11.8. The summed E-state index contributed by atoms with van der Waals surface area (Å²) in [7, 11) is 3.94. The second kappa shape index (κ2) is 6.75. The minimum Gasteiger partial charge on any atom is -0.378 e. The first kappa shape index (κ1) is 14.1. The van der Waals surface area contributed by atoms with Crippen LogP contribution < -0.4 is 10.2 Å². The van der Waals surface area contributed by atoms with Gasteiger partial charge in [0.05, 0.1) is 6.20 Å². The van der Waals surface area contributed by atoms with E-state index < -0.39 is 0 Å². The molecule has 2 rings (SSSR count). The van der Waals surface area contributed by atoms with E-state index in [1.165, 1.54) is 0 Å². The highest BCUT2D eigenvalue weighted by molar-refractivity contribution is 5.94. The zero-order chi connectivity index (χ0) is 14.4. The molecule has 0 aliphatic heterocycles. The van der Waals surface area contributed by atoms with Gasteiger partial charge in [0, 0.05) is 37.5 Å². The van der Waals surface area contributed by atoms with E-state index in [1.807, 2.05) is 43.3 Å². The van der Waals surface area contributed by atoms with Gasteiger partial charge in [-0.25, -0.2) is 0 Å². The van der Waals surface area contributed by atoms with Crippen molar-refractivity contribution in [2.45, 2.75) is 12.8 Å². The molecule has 1 amide bonds. The van der Waals surface area contributed by atoms with Gasteiger partial charge in [0.1, 0.15) is 6.26 Å². The van der Waals surface area contributed by atoms with Crippen LogP contribution in [0.5, 0.6) is 0 Å². The standard InChI is InChI=1S/C15H19N3O2/c1-18(2)14-7-5-13(6-8-14)15(19)16-9-3-4-12-10-17-20-11-12/h5-8,10-11H,3-4,9H2,1-2H3,(H,16,19).